The van der Waals surface area contributed by atoms with Gasteiger partial charge < -0.3 is 9.64 Å². The lowest BCUT2D eigenvalue weighted by Gasteiger charge is -2.20. The van der Waals surface area contributed by atoms with E-state index in [9.17, 15) is 14.4 Å². The molecule has 2 aromatic rings. The first-order valence-corrected chi connectivity index (χ1v) is 8.65. The molecule has 4 rings (SSSR count). The predicted molar refractivity (Wildman–Crippen MR) is 90.9 cm³/mol. The number of halogens is 1. The highest BCUT2D eigenvalue weighted by molar-refractivity contribution is 9.10. The van der Waals surface area contributed by atoms with Crippen LogP contribution >= 0.6 is 15.9 Å². The second-order valence-corrected chi connectivity index (χ2v) is 7.06. The summed E-state index contributed by atoms with van der Waals surface area (Å²) < 4.78 is 7.23. The smallest absolute Gasteiger partial charge is 0.417 e. The zero-order valence-electron chi connectivity index (χ0n) is 13.4. The molecule has 0 spiro atoms. The molecule has 1 aromatic carbocycles. The van der Waals surface area contributed by atoms with Gasteiger partial charge in [-0.25, -0.2) is 9.69 Å². The van der Waals surface area contributed by atoms with Gasteiger partial charge in [0.05, 0.1) is 11.6 Å². The molecule has 1 atom stereocenters. The Balaban J connectivity index is 1.59. The lowest BCUT2D eigenvalue weighted by molar-refractivity contribution is -0.127. The molecule has 25 heavy (non-hydrogen) atoms. The highest BCUT2D eigenvalue weighted by Gasteiger charge is 2.41. The van der Waals surface area contributed by atoms with Gasteiger partial charge in [0, 0.05) is 30.0 Å². The number of rotatable bonds is 2. The summed E-state index contributed by atoms with van der Waals surface area (Å²) in [6.07, 6.45) is -0.0754. The van der Waals surface area contributed by atoms with E-state index in [4.69, 9.17) is 4.74 Å². The number of hydrogen-bond acceptors (Lipinski definition) is 5. The standard InChI is InChI=1S/C16H15BrN4O4/c1-19-14(11-3-2-9(17)6-12(11)18-19)15(23)20-5-4-10(7-20)21-13(22)8-25-16(21)24/h2-3,6,10H,4-5,7-8H2,1H3. The van der Waals surface area contributed by atoms with Crippen molar-refractivity contribution in [2.75, 3.05) is 19.7 Å². The minimum absolute atomic E-state index is 0.158. The van der Waals surface area contributed by atoms with Gasteiger partial charge in [0.25, 0.3) is 11.8 Å². The summed E-state index contributed by atoms with van der Waals surface area (Å²) in [6, 6.07) is 5.25. The number of carbonyl (C=O) groups excluding carboxylic acids is 3. The molecule has 0 bridgehead atoms. The van der Waals surface area contributed by atoms with Gasteiger partial charge >= 0.3 is 6.09 Å². The van der Waals surface area contributed by atoms with Gasteiger partial charge in [0.1, 0.15) is 5.69 Å². The van der Waals surface area contributed by atoms with Crippen molar-refractivity contribution in [3.8, 4) is 0 Å². The van der Waals surface area contributed by atoms with Crippen LogP contribution in [0, 0.1) is 0 Å². The molecule has 3 amide bonds. The van der Waals surface area contributed by atoms with Crippen molar-refractivity contribution in [1.29, 1.82) is 0 Å². The molecule has 9 heteroatoms. The average molecular weight is 407 g/mol. The molecule has 3 heterocycles. The molecule has 1 unspecified atom stereocenters. The van der Waals surface area contributed by atoms with E-state index in [2.05, 4.69) is 21.0 Å². The number of ether oxygens (including phenoxy) is 1. The van der Waals surface area contributed by atoms with E-state index in [1.165, 1.54) is 0 Å². The zero-order valence-corrected chi connectivity index (χ0v) is 15.0. The van der Waals surface area contributed by atoms with Gasteiger partial charge in [0.2, 0.25) is 0 Å². The number of fused-ring (bicyclic) bond motifs is 1. The number of amides is 3. The monoisotopic (exact) mass is 406 g/mol. The molecular weight excluding hydrogens is 392 g/mol. The van der Waals surface area contributed by atoms with E-state index >= 15 is 0 Å². The Morgan fingerprint density at radius 1 is 1.36 bits per heavy atom. The number of aryl methyl sites for hydroxylation is 1. The third kappa shape index (κ3) is 2.58. The van der Waals surface area contributed by atoms with E-state index < -0.39 is 6.09 Å². The summed E-state index contributed by atoms with van der Waals surface area (Å²) in [6.45, 7) is 0.567. The quantitative estimate of drug-likeness (QED) is 0.754. The van der Waals surface area contributed by atoms with Crippen molar-refractivity contribution in [2.45, 2.75) is 12.5 Å². The van der Waals surface area contributed by atoms with Crippen LogP contribution in [0.2, 0.25) is 0 Å². The van der Waals surface area contributed by atoms with E-state index in [-0.39, 0.29) is 24.5 Å². The second kappa shape index (κ2) is 5.83. The largest absolute Gasteiger partial charge is 0.439 e. The van der Waals surface area contributed by atoms with E-state index in [1.54, 1.807) is 16.6 Å². The Morgan fingerprint density at radius 2 is 2.16 bits per heavy atom. The van der Waals surface area contributed by atoms with Crippen molar-refractivity contribution >= 4 is 44.7 Å². The summed E-state index contributed by atoms with van der Waals surface area (Å²) in [5.74, 6) is -0.505. The first-order valence-electron chi connectivity index (χ1n) is 7.86. The number of aromatic nitrogens is 2. The first-order chi connectivity index (χ1) is 12.0. The summed E-state index contributed by atoms with van der Waals surface area (Å²) in [5.41, 5.74) is 1.23. The molecule has 0 aliphatic carbocycles. The summed E-state index contributed by atoms with van der Waals surface area (Å²) in [5, 5.41) is 5.16. The highest BCUT2D eigenvalue weighted by Crippen LogP contribution is 2.26. The molecule has 0 saturated carbocycles. The Bertz CT molecular complexity index is 893. The fourth-order valence-corrected chi connectivity index (χ4v) is 3.78. The lowest BCUT2D eigenvalue weighted by Crippen LogP contribution is -2.42. The van der Waals surface area contributed by atoms with Crippen molar-refractivity contribution in [3.05, 3.63) is 28.4 Å². The zero-order chi connectivity index (χ0) is 17.7. The summed E-state index contributed by atoms with van der Waals surface area (Å²) >= 11 is 3.40. The molecule has 1 aromatic heterocycles. The van der Waals surface area contributed by atoms with Gasteiger partial charge in [-0.3, -0.25) is 14.3 Å². The fraction of sp³-hybridized carbons (Fsp3) is 0.375. The molecule has 130 valence electrons. The van der Waals surface area contributed by atoms with Gasteiger partial charge in [-0.2, -0.15) is 5.10 Å². The number of carbonyl (C=O) groups is 3. The first kappa shape index (κ1) is 16.1. The number of cyclic esters (lactones) is 1. The number of imide groups is 1. The fourth-order valence-electron chi connectivity index (χ4n) is 3.43. The Morgan fingerprint density at radius 3 is 2.88 bits per heavy atom. The molecule has 2 aliphatic rings. The molecule has 2 fully saturated rings. The number of nitrogens with zero attached hydrogens (tertiary/aromatic N) is 4. The topological polar surface area (TPSA) is 84.7 Å². The summed E-state index contributed by atoms with van der Waals surface area (Å²) in [7, 11) is 1.73. The van der Waals surface area contributed by atoms with Crippen LogP contribution in [-0.2, 0) is 16.6 Å². The third-order valence-electron chi connectivity index (χ3n) is 4.60. The van der Waals surface area contributed by atoms with Crippen molar-refractivity contribution in [3.63, 3.8) is 0 Å². The van der Waals surface area contributed by atoms with Crippen molar-refractivity contribution in [2.24, 2.45) is 7.05 Å². The summed E-state index contributed by atoms with van der Waals surface area (Å²) in [4.78, 5) is 39.3. The predicted octanol–water partition coefficient (Wildman–Crippen LogP) is 1.53. The molecule has 2 saturated heterocycles. The van der Waals surface area contributed by atoms with Crippen molar-refractivity contribution in [1.82, 2.24) is 19.6 Å². The SMILES string of the molecule is Cn1nc2cc(Br)ccc2c1C(=O)N1CCC(N2C(=O)COC2=O)C1. The Kier molecular flexibility index (Phi) is 3.75. The third-order valence-corrected chi connectivity index (χ3v) is 5.09. The second-order valence-electron chi connectivity index (χ2n) is 6.15. The lowest BCUT2D eigenvalue weighted by atomic mass is 10.2. The van der Waals surface area contributed by atoms with Crippen LogP contribution in [0.1, 0.15) is 16.9 Å². The molecule has 2 aliphatic heterocycles. The van der Waals surface area contributed by atoms with Crippen LogP contribution < -0.4 is 0 Å². The number of likely N-dealkylation sites (tertiary alicyclic amines) is 1. The van der Waals surface area contributed by atoms with Crippen LogP contribution in [-0.4, -0.2) is 63.2 Å². The molecule has 8 nitrogen and oxygen atoms in total. The van der Waals surface area contributed by atoms with Crippen LogP contribution in [0.5, 0.6) is 0 Å². The van der Waals surface area contributed by atoms with Crippen molar-refractivity contribution < 1.29 is 19.1 Å². The van der Waals surface area contributed by atoms with E-state index in [0.29, 0.717) is 25.2 Å². The van der Waals surface area contributed by atoms with E-state index in [0.717, 1.165) is 20.3 Å². The van der Waals surface area contributed by atoms with Gasteiger partial charge in [0.15, 0.2) is 6.61 Å². The number of hydrogen-bond donors (Lipinski definition) is 0. The van der Waals surface area contributed by atoms with Crippen LogP contribution in [0.15, 0.2) is 22.7 Å². The maximum Gasteiger partial charge on any atom is 0.417 e. The van der Waals surface area contributed by atoms with Crippen LogP contribution in [0.25, 0.3) is 10.9 Å². The van der Waals surface area contributed by atoms with E-state index in [1.807, 2.05) is 18.2 Å². The van der Waals surface area contributed by atoms with Crippen LogP contribution in [0.4, 0.5) is 4.79 Å². The highest BCUT2D eigenvalue weighted by atomic mass is 79.9. The van der Waals surface area contributed by atoms with Gasteiger partial charge in [-0.1, -0.05) is 15.9 Å². The maximum atomic E-state index is 13.0. The Labute approximate surface area is 151 Å². The number of benzene rings is 1. The van der Waals surface area contributed by atoms with Gasteiger partial charge in [-0.05, 0) is 24.6 Å². The van der Waals surface area contributed by atoms with Crippen LogP contribution in [0.3, 0.4) is 0 Å². The normalized spacial score (nSPS) is 20.6. The minimum Gasteiger partial charge on any atom is -0.439 e. The Hall–Kier alpha value is -2.42. The van der Waals surface area contributed by atoms with Gasteiger partial charge in [-0.15, -0.1) is 0 Å². The molecule has 0 N–H and O–H groups in total. The maximum absolute atomic E-state index is 13.0. The molecule has 0 radical (unpaired) electrons. The average Bonchev–Trinajstić information content (AvgIpc) is 3.24. The molecular formula is C16H15BrN4O4. The minimum atomic E-state index is -0.625.